The first-order valence-corrected chi connectivity index (χ1v) is 5.31. The van der Waals surface area contributed by atoms with Crippen molar-refractivity contribution in [2.75, 3.05) is 0 Å². The predicted molar refractivity (Wildman–Crippen MR) is 56.6 cm³/mol. The van der Waals surface area contributed by atoms with Gasteiger partial charge in [-0.1, -0.05) is 0 Å². The fraction of sp³-hybridized carbons (Fsp3) is 0.417. The second-order valence-electron chi connectivity index (χ2n) is 4.37. The van der Waals surface area contributed by atoms with Crippen LogP contribution in [0.25, 0.3) is 0 Å². The van der Waals surface area contributed by atoms with Gasteiger partial charge >= 0.3 is 0 Å². The minimum atomic E-state index is -2.56. The number of benzene rings is 1. The molecule has 2 rings (SSSR count). The second kappa shape index (κ2) is 4.05. The van der Waals surface area contributed by atoms with Crippen molar-refractivity contribution in [1.29, 1.82) is 0 Å². The Morgan fingerprint density at radius 3 is 2.53 bits per heavy atom. The first kappa shape index (κ1) is 12.0. The van der Waals surface area contributed by atoms with Gasteiger partial charge in [0.1, 0.15) is 11.4 Å². The SMILES string of the molecule is Cc1cc(F)ccc1C(=O)NC1(C(F)F)CC1. The van der Waals surface area contributed by atoms with Gasteiger partial charge in [-0.15, -0.1) is 0 Å². The van der Waals surface area contributed by atoms with Crippen LogP contribution in [0.3, 0.4) is 0 Å². The fourth-order valence-corrected chi connectivity index (χ4v) is 1.71. The van der Waals surface area contributed by atoms with Gasteiger partial charge in [0.15, 0.2) is 0 Å². The second-order valence-corrected chi connectivity index (χ2v) is 4.37. The topological polar surface area (TPSA) is 29.1 Å². The van der Waals surface area contributed by atoms with E-state index in [1.165, 1.54) is 12.1 Å². The molecule has 0 spiro atoms. The molecule has 0 atom stereocenters. The number of nitrogens with one attached hydrogen (secondary N) is 1. The van der Waals surface area contributed by atoms with Gasteiger partial charge in [-0.3, -0.25) is 4.79 Å². The number of hydrogen-bond donors (Lipinski definition) is 1. The van der Waals surface area contributed by atoms with E-state index in [0.29, 0.717) is 5.56 Å². The molecule has 0 radical (unpaired) electrons. The summed E-state index contributed by atoms with van der Waals surface area (Å²) in [4.78, 5) is 11.8. The lowest BCUT2D eigenvalue weighted by Gasteiger charge is -2.17. The van der Waals surface area contributed by atoms with E-state index in [1.807, 2.05) is 0 Å². The minimum Gasteiger partial charge on any atom is -0.341 e. The zero-order chi connectivity index (χ0) is 12.6. The van der Waals surface area contributed by atoms with Gasteiger partial charge in [0, 0.05) is 5.56 Å². The first-order valence-electron chi connectivity index (χ1n) is 5.31. The molecular weight excluding hydrogens is 231 g/mol. The van der Waals surface area contributed by atoms with Gasteiger partial charge in [0.25, 0.3) is 12.3 Å². The highest BCUT2D eigenvalue weighted by Gasteiger charge is 2.52. The van der Waals surface area contributed by atoms with Crippen LogP contribution >= 0.6 is 0 Å². The molecule has 1 N–H and O–H groups in total. The standard InChI is InChI=1S/C12H12F3NO/c1-7-6-8(13)2-3-9(7)10(17)16-12(4-5-12)11(14)15/h2-3,6,11H,4-5H2,1H3,(H,16,17). The molecule has 1 saturated carbocycles. The quantitative estimate of drug-likeness (QED) is 0.868. The summed E-state index contributed by atoms with van der Waals surface area (Å²) in [6.07, 6.45) is -1.99. The Morgan fingerprint density at radius 2 is 2.06 bits per heavy atom. The maximum atomic E-state index is 12.8. The van der Waals surface area contributed by atoms with Crippen LogP contribution in [0, 0.1) is 12.7 Å². The summed E-state index contributed by atoms with van der Waals surface area (Å²) in [5.74, 6) is -1.02. The van der Waals surface area contributed by atoms with Gasteiger partial charge in [0.05, 0.1) is 0 Å². The Hall–Kier alpha value is -1.52. The normalized spacial score (nSPS) is 17.0. The molecular formula is C12H12F3NO. The molecule has 5 heteroatoms. The van der Waals surface area contributed by atoms with Crippen LogP contribution in [0.1, 0.15) is 28.8 Å². The molecule has 0 saturated heterocycles. The highest BCUT2D eigenvalue weighted by molar-refractivity contribution is 5.96. The highest BCUT2D eigenvalue weighted by Crippen LogP contribution is 2.41. The first-order chi connectivity index (χ1) is 7.94. The van der Waals surface area contributed by atoms with Gasteiger partial charge in [0.2, 0.25) is 0 Å². The Bertz CT molecular complexity index is 455. The van der Waals surface area contributed by atoms with E-state index >= 15 is 0 Å². The fourth-order valence-electron chi connectivity index (χ4n) is 1.71. The van der Waals surface area contributed by atoms with Gasteiger partial charge in [-0.2, -0.15) is 0 Å². The molecule has 1 aromatic carbocycles. The van der Waals surface area contributed by atoms with Gasteiger partial charge in [-0.05, 0) is 43.5 Å². The summed E-state index contributed by atoms with van der Waals surface area (Å²) < 4.78 is 38.1. The van der Waals surface area contributed by atoms with Crippen molar-refractivity contribution in [2.24, 2.45) is 0 Å². The van der Waals surface area contributed by atoms with E-state index in [-0.39, 0.29) is 18.4 Å². The van der Waals surface area contributed by atoms with Crippen molar-refractivity contribution in [1.82, 2.24) is 5.32 Å². The number of rotatable bonds is 3. The number of halogens is 3. The molecule has 1 aliphatic rings. The van der Waals surface area contributed by atoms with Crippen LogP contribution in [0.4, 0.5) is 13.2 Å². The molecule has 0 bridgehead atoms. The number of hydrogen-bond acceptors (Lipinski definition) is 1. The number of aryl methyl sites for hydroxylation is 1. The summed E-state index contributed by atoms with van der Waals surface area (Å²) in [6, 6.07) is 3.66. The van der Waals surface area contributed by atoms with Crippen LogP contribution < -0.4 is 5.32 Å². The molecule has 0 aliphatic heterocycles. The van der Waals surface area contributed by atoms with Crippen LogP contribution in [0.15, 0.2) is 18.2 Å². The predicted octanol–water partition coefficient (Wildman–Crippen LogP) is 2.66. The number of carbonyl (C=O) groups is 1. The lowest BCUT2D eigenvalue weighted by Crippen LogP contribution is -2.42. The molecule has 17 heavy (non-hydrogen) atoms. The largest absolute Gasteiger partial charge is 0.341 e. The summed E-state index contributed by atoms with van der Waals surface area (Å²) >= 11 is 0. The monoisotopic (exact) mass is 243 g/mol. The molecule has 0 unspecified atom stereocenters. The van der Waals surface area contributed by atoms with E-state index in [2.05, 4.69) is 5.32 Å². The zero-order valence-corrected chi connectivity index (χ0v) is 9.27. The Labute approximate surface area is 96.8 Å². The molecule has 0 aromatic heterocycles. The third kappa shape index (κ3) is 2.28. The highest BCUT2D eigenvalue weighted by atomic mass is 19.3. The lowest BCUT2D eigenvalue weighted by molar-refractivity contribution is 0.0679. The maximum absolute atomic E-state index is 12.8. The van der Waals surface area contributed by atoms with Crippen LogP contribution in [0.2, 0.25) is 0 Å². The van der Waals surface area contributed by atoms with E-state index < -0.39 is 23.7 Å². The third-order valence-electron chi connectivity index (χ3n) is 3.00. The Kier molecular flexibility index (Phi) is 2.85. The van der Waals surface area contributed by atoms with Gasteiger partial charge in [-0.25, -0.2) is 13.2 Å². The molecule has 1 fully saturated rings. The maximum Gasteiger partial charge on any atom is 0.261 e. The average Bonchev–Trinajstić information content (AvgIpc) is 2.98. The van der Waals surface area contributed by atoms with Crippen LogP contribution in [0.5, 0.6) is 0 Å². The van der Waals surface area contributed by atoms with Crippen molar-refractivity contribution in [2.45, 2.75) is 31.7 Å². The number of amides is 1. The third-order valence-corrected chi connectivity index (χ3v) is 3.00. The summed E-state index contributed by atoms with van der Waals surface area (Å²) in [7, 11) is 0. The molecule has 1 amide bonds. The van der Waals surface area contributed by atoms with Crippen molar-refractivity contribution in [3.8, 4) is 0 Å². The van der Waals surface area contributed by atoms with Crippen molar-refractivity contribution >= 4 is 5.91 Å². The summed E-state index contributed by atoms with van der Waals surface area (Å²) in [5, 5.41) is 2.33. The summed E-state index contributed by atoms with van der Waals surface area (Å²) in [5.41, 5.74) is -0.691. The van der Waals surface area contributed by atoms with Crippen molar-refractivity contribution < 1.29 is 18.0 Å². The zero-order valence-electron chi connectivity index (χ0n) is 9.27. The van der Waals surface area contributed by atoms with Gasteiger partial charge < -0.3 is 5.32 Å². The van der Waals surface area contributed by atoms with Crippen LogP contribution in [-0.2, 0) is 0 Å². The molecule has 1 aromatic rings. The van der Waals surface area contributed by atoms with E-state index in [1.54, 1.807) is 6.92 Å². The van der Waals surface area contributed by atoms with E-state index in [9.17, 15) is 18.0 Å². The van der Waals surface area contributed by atoms with E-state index in [4.69, 9.17) is 0 Å². The molecule has 1 aliphatic carbocycles. The Morgan fingerprint density at radius 1 is 1.41 bits per heavy atom. The number of alkyl halides is 2. The van der Waals surface area contributed by atoms with Crippen molar-refractivity contribution in [3.63, 3.8) is 0 Å². The molecule has 0 heterocycles. The van der Waals surface area contributed by atoms with E-state index in [0.717, 1.165) is 6.07 Å². The van der Waals surface area contributed by atoms with Crippen LogP contribution in [-0.4, -0.2) is 17.9 Å². The summed E-state index contributed by atoms with van der Waals surface area (Å²) in [6.45, 7) is 1.57. The Balaban J connectivity index is 2.15. The molecule has 92 valence electrons. The molecule has 2 nitrogen and oxygen atoms in total. The van der Waals surface area contributed by atoms with Crippen molar-refractivity contribution in [3.05, 3.63) is 35.1 Å². The smallest absolute Gasteiger partial charge is 0.261 e. The number of carbonyl (C=O) groups excluding carboxylic acids is 1. The lowest BCUT2D eigenvalue weighted by atomic mass is 10.1. The average molecular weight is 243 g/mol. The minimum absolute atomic E-state index is 0.235.